The number of allylic oxidation sites excluding steroid dienone is 1. The lowest BCUT2D eigenvalue weighted by Crippen LogP contribution is -2.49. The van der Waals surface area contributed by atoms with E-state index >= 15 is 0 Å². The van der Waals surface area contributed by atoms with E-state index in [-0.39, 0.29) is 0 Å². The highest BCUT2D eigenvalue weighted by molar-refractivity contribution is 14.1. The molecule has 2 bridgehead atoms. The van der Waals surface area contributed by atoms with Crippen LogP contribution in [-0.2, 0) is 6.54 Å². The molecule has 2 aromatic carbocycles. The zero-order valence-electron chi connectivity index (χ0n) is 16.0. The van der Waals surface area contributed by atoms with Crippen molar-refractivity contribution < 1.29 is 0 Å². The molecule has 0 unspecified atom stereocenters. The molecule has 0 N–H and O–H groups in total. The maximum atomic E-state index is 2.53. The highest BCUT2D eigenvalue weighted by atomic mass is 127. The van der Waals surface area contributed by atoms with Crippen LogP contribution in [-0.4, -0.2) is 18.5 Å². The Hall–Kier alpha value is -1.13. The molecular weight excluding hydrogens is 429 g/mol. The van der Waals surface area contributed by atoms with E-state index in [0.717, 1.165) is 24.9 Å². The van der Waals surface area contributed by atoms with Gasteiger partial charge in [0, 0.05) is 16.7 Å². The van der Waals surface area contributed by atoms with E-state index < -0.39 is 0 Å². The molecule has 2 heteroatoms. The zero-order chi connectivity index (χ0) is 18.3. The number of nitrogens with zero attached hydrogens (tertiary/aromatic N) is 1. The van der Waals surface area contributed by atoms with Crippen LogP contribution in [0.3, 0.4) is 0 Å². The molecule has 1 nitrogen and oxygen atoms in total. The Bertz CT molecular complexity index is 818. The summed E-state index contributed by atoms with van der Waals surface area (Å²) in [7, 11) is 2.26. The van der Waals surface area contributed by atoms with Gasteiger partial charge >= 0.3 is 0 Å². The molecule has 0 aliphatic heterocycles. The summed E-state index contributed by atoms with van der Waals surface area (Å²) >= 11 is 2.42. The van der Waals surface area contributed by atoms with Gasteiger partial charge in [0.15, 0.2) is 0 Å². The maximum Gasteiger partial charge on any atom is 0.0234 e. The fourth-order valence-corrected chi connectivity index (χ4v) is 5.52. The van der Waals surface area contributed by atoms with Crippen molar-refractivity contribution >= 4 is 22.6 Å². The summed E-state index contributed by atoms with van der Waals surface area (Å²) in [5.41, 5.74) is 6.22. The van der Waals surface area contributed by atoms with E-state index in [1.807, 2.05) is 0 Å². The summed E-state index contributed by atoms with van der Waals surface area (Å²) in [6.45, 7) is 7.05. The van der Waals surface area contributed by atoms with Crippen molar-refractivity contribution in [2.75, 3.05) is 13.6 Å². The fourth-order valence-electron chi connectivity index (χ4n) is 4.82. The lowest BCUT2D eigenvalue weighted by molar-refractivity contribution is -0.0101. The van der Waals surface area contributed by atoms with Crippen molar-refractivity contribution in [3.05, 3.63) is 69.3 Å². The Balaban J connectivity index is 1.40. The third-order valence-corrected chi connectivity index (χ3v) is 7.57. The van der Waals surface area contributed by atoms with E-state index in [4.69, 9.17) is 0 Å². The van der Waals surface area contributed by atoms with Crippen LogP contribution < -0.4 is 0 Å². The number of halogens is 1. The van der Waals surface area contributed by atoms with Crippen molar-refractivity contribution in [2.45, 2.75) is 33.2 Å². The summed E-state index contributed by atoms with van der Waals surface area (Å²) < 4.78 is 1.31. The van der Waals surface area contributed by atoms with Gasteiger partial charge in [-0.1, -0.05) is 68.0 Å². The van der Waals surface area contributed by atoms with Gasteiger partial charge in [0.1, 0.15) is 0 Å². The summed E-state index contributed by atoms with van der Waals surface area (Å²) in [6, 6.07) is 17.7. The van der Waals surface area contributed by atoms with Crippen LogP contribution in [0.15, 0.2) is 60.2 Å². The van der Waals surface area contributed by atoms with Crippen LogP contribution >= 0.6 is 22.6 Å². The summed E-state index contributed by atoms with van der Waals surface area (Å²) in [4.78, 5) is 2.47. The first-order chi connectivity index (χ1) is 12.4. The minimum atomic E-state index is 0.527. The average molecular weight is 457 g/mol. The molecule has 2 atom stereocenters. The Morgan fingerprint density at radius 2 is 1.77 bits per heavy atom. The average Bonchev–Trinajstić information content (AvgIpc) is 2.63. The molecular formula is C24H28IN. The molecule has 0 saturated heterocycles. The molecule has 1 fully saturated rings. The molecule has 0 heterocycles. The van der Waals surface area contributed by atoms with Crippen LogP contribution in [0.25, 0.3) is 11.1 Å². The van der Waals surface area contributed by atoms with Crippen LogP contribution in [0.2, 0.25) is 0 Å². The lowest BCUT2D eigenvalue weighted by Gasteiger charge is -2.57. The number of fused-ring (bicyclic) bond motifs is 1. The van der Waals surface area contributed by atoms with Crippen molar-refractivity contribution in [3.63, 3.8) is 0 Å². The van der Waals surface area contributed by atoms with Crippen LogP contribution in [0.1, 0.15) is 32.3 Å². The Kier molecular flexibility index (Phi) is 5.00. The van der Waals surface area contributed by atoms with E-state index in [0.29, 0.717) is 5.41 Å². The SMILES string of the molecule is CN(CC1=CC[C@H]2C[C@@H]1C2(C)C)Cc1ccc(-c2ccccc2I)cc1. The Morgan fingerprint density at radius 1 is 1.04 bits per heavy atom. The van der Waals surface area contributed by atoms with Crippen molar-refractivity contribution in [1.82, 2.24) is 4.90 Å². The second kappa shape index (κ2) is 7.12. The number of likely N-dealkylation sites (N-methyl/N-ethyl adjacent to an activating group) is 1. The molecule has 136 valence electrons. The normalized spacial score (nSPS) is 23.5. The molecule has 1 saturated carbocycles. The third-order valence-electron chi connectivity index (χ3n) is 6.63. The van der Waals surface area contributed by atoms with Gasteiger partial charge in [0.2, 0.25) is 0 Å². The molecule has 26 heavy (non-hydrogen) atoms. The van der Waals surface area contributed by atoms with Gasteiger partial charge < -0.3 is 0 Å². The van der Waals surface area contributed by atoms with Crippen LogP contribution in [0.5, 0.6) is 0 Å². The molecule has 2 aromatic rings. The fraction of sp³-hybridized carbons (Fsp3) is 0.417. The van der Waals surface area contributed by atoms with Gasteiger partial charge in [0.05, 0.1) is 0 Å². The van der Waals surface area contributed by atoms with Crippen molar-refractivity contribution in [1.29, 1.82) is 0 Å². The predicted octanol–water partition coefficient (Wildman–Crippen LogP) is 6.38. The quantitative estimate of drug-likeness (QED) is 0.372. The number of benzene rings is 2. The minimum absolute atomic E-state index is 0.527. The predicted molar refractivity (Wildman–Crippen MR) is 119 cm³/mol. The Labute approximate surface area is 171 Å². The van der Waals surface area contributed by atoms with Crippen molar-refractivity contribution in [3.8, 4) is 11.1 Å². The second-order valence-electron chi connectivity index (χ2n) is 8.67. The molecule has 0 spiro atoms. The zero-order valence-corrected chi connectivity index (χ0v) is 18.2. The minimum Gasteiger partial charge on any atom is -0.298 e. The molecule has 0 radical (unpaired) electrons. The monoisotopic (exact) mass is 457 g/mol. The topological polar surface area (TPSA) is 3.24 Å². The van der Waals surface area contributed by atoms with E-state index in [1.54, 1.807) is 5.57 Å². The molecule has 3 aliphatic carbocycles. The standard InChI is InChI=1S/C24H28IN/c1-24(2)20-13-12-19(22(24)14-20)16-26(3)15-17-8-10-18(11-9-17)21-6-4-5-7-23(21)25/h4-12,20,22H,13-16H2,1-3H3/t20-,22-/m0/s1. The van der Waals surface area contributed by atoms with Gasteiger partial charge in [0.25, 0.3) is 0 Å². The number of hydrogen-bond acceptors (Lipinski definition) is 1. The number of rotatable bonds is 5. The Morgan fingerprint density at radius 3 is 2.42 bits per heavy atom. The molecule has 3 aliphatic rings. The van der Waals surface area contributed by atoms with Gasteiger partial charge in [-0.15, -0.1) is 0 Å². The summed E-state index contributed by atoms with van der Waals surface area (Å²) in [6.07, 6.45) is 5.23. The van der Waals surface area contributed by atoms with Gasteiger partial charge in [-0.3, -0.25) is 4.90 Å². The first-order valence-electron chi connectivity index (χ1n) is 9.66. The van der Waals surface area contributed by atoms with Gasteiger partial charge in [-0.05, 0) is 82.5 Å². The molecule has 5 rings (SSSR count). The molecule has 0 aromatic heterocycles. The van der Waals surface area contributed by atoms with E-state index in [9.17, 15) is 0 Å². The largest absolute Gasteiger partial charge is 0.298 e. The molecule has 0 amide bonds. The van der Waals surface area contributed by atoms with Gasteiger partial charge in [-0.25, -0.2) is 0 Å². The van der Waals surface area contributed by atoms with Crippen LogP contribution in [0.4, 0.5) is 0 Å². The number of hydrogen-bond donors (Lipinski definition) is 0. The first kappa shape index (κ1) is 18.2. The highest BCUT2D eigenvalue weighted by Gasteiger charge is 2.50. The smallest absolute Gasteiger partial charge is 0.0234 e. The third kappa shape index (κ3) is 3.38. The maximum absolute atomic E-state index is 2.53. The highest BCUT2D eigenvalue weighted by Crippen LogP contribution is 2.59. The van der Waals surface area contributed by atoms with E-state index in [1.165, 1.54) is 33.1 Å². The summed E-state index contributed by atoms with van der Waals surface area (Å²) in [5.74, 6) is 1.74. The first-order valence-corrected chi connectivity index (χ1v) is 10.7. The summed E-state index contributed by atoms with van der Waals surface area (Å²) in [5, 5.41) is 0. The van der Waals surface area contributed by atoms with Crippen molar-refractivity contribution in [2.24, 2.45) is 17.3 Å². The van der Waals surface area contributed by atoms with E-state index in [2.05, 4.69) is 103 Å². The van der Waals surface area contributed by atoms with Gasteiger partial charge in [-0.2, -0.15) is 0 Å². The second-order valence-corrected chi connectivity index (χ2v) is 9.83. The van der Waals surface area contributed by atoms with Crippen LogP contribution in [0, 0.1) is 20.8 Å². The lowest BCUT2D eigenvalue weighted by atomic mass is 9.49.